The molecule has 0 aliphatic heterocycles. The Balaban J connectivity index is -0.0000000400. The highest BCUT2D eigenvalue weighted by atomic mass is 14.7. The summed E-state index contributed by atoms with van der Waals surface area (Å²) < 4.78 is 0. The van der Waals surface area contributed by atoms with Crippen LogP contribution in [0.25, 0.3) is 0 Å². The van der Waals surface area contributed by atoms with Crippen LogP contribution in [0.4, 0.5) is 0 Å². The summed E-state index contributed by atoms with van der Waals surface area (Å²) in [7, 11) is 0. The molecule has 9 N–H and O–H groups in total. The van der Waals surface area contributed by atoms with Crippen LogP contribution >= 0.6 is 0 Å². The minimum atomic E-state index is 0. The number of rotatable bonds is 0. The lowest BCUT2D eigenvalue weighted by Gasteiger charge is -1.56. The molecule has 0 rings (SSSR count). The first kappa shape index (κ1) is 15.8. The van der Waals surface area contributed by atoms with E-state index in [0.29, 0.717) is 0 Å². The summed E-state index contributed by atoms with van der Waals surface area (Å²) in [5, 5.41) is 0. The minimum absolute atomic E-state index is 0. The fraction of sp³-hybridized carbons (Fsp3) is 1.00. The van der Waals surface area contributed by atoms with Crippen molar-refractivity contribution >= 4 is 0 Å². The Labute approximate surface area is 44.6 Å². The number of hydrogen-bond donors (Lipinski definition) is 4. The van der Waals surface area contributed by atoms with Crippen molar-refractivity contribution in [1.82, 2.24) is 6.15 Å². The van der Waals surface area contributed by atoms with Crippen LogP contribution in [0, 0.1) is 0 Å². The van der Waals surface area contributed by atoms with Gasteiger partial charge >= 0.3 is 0 Å². The maximum atomic E-state index is 4.85. The van der Waals surface area contributed by atoms with Crippen LogP contribution in [-0.2, 0) is 0 Å². The molecule has 0 aromatic carbocycles. The molecule has 0 saturated carbocycles. The summed E-state index contributed by atoms with van der Waals surface area (Å²) in [6.07, 6.45) is 0. The van der Waals surface area contributed by atoms with E-state index >= 15 is 0 Å². The Bertz CT molecular complexity index is 8.90. The normalized spacial score (nSPS) is 5.14. The lowest BCUT2D eigenvalue weighted by atomic mass is 10.8. The molecule has 4 heteroatoms. The summed E-state index contributed by atoms with van der Waals surface area (Å²) in [5.74, 6) is 0. The van der Waals surface area contributed by atoms with E-state index in [0.717, 1.165) is 6.54 Å². The average Bonchev–Trinajstić information content (AvgIpc) is 1.39. The average molecular weight is 108 g/mol. The van der Waals surface area contributed by atoms with Crippen LogP contribution in [0.5, 0.6) is 0 Å². The molecule has 0 bridgehead atoms. The number of hydrogen-bond acceptors (Lipinski definition) is 4. The van der Waals surface area contributed by atoms with E-state index in [2.05, 4.69) is 11.5 Å². The Kier molecular flexibility index (Phi) is 91.3. The molecule has 0 aliphatic rings. The van der Waals surface area contributed by atoms with Crippen LogP contribution in [0.3, 0.4) is 0 Å². The van der Waals surface area contributed by atoms with E-state index in [1.807, 2.05) is 6.92 Å². The third kappa shape index (κ3) is 3360. The second-order valence-corrected chi connectivity index (χ2v) is 0.644. The molecular weight excluding hydrogens is 92.1 g/mol. The third-order valence-electron chi connectivity index (χ3n) is 0. The molecule has 0 atom stereocenters. The first-order valence-electron chi connectivity index (χ1n) is 1.93. The minimum Gasteiger partial charge on any atom is -0.344 e. The molecule has 0 aromatic rings. The van der Waals surface area contributed by atoms with Gasteiger partial charge in [0.1, 0.15) is 0 Å². The van der Waals surface area contributed by atoms with Gasteiger partial charge < -0.3 is 23.4 Å². The molecule has 0 aromatic heterocycles. The van der Waals surface area contributed by atoms with E-state index in [1.54, 1.807) is 0 Å². The summed E-state index contributed by atoms with van der Waals surface area (Å²) >= 11 is 0. The van der Waals surface area contributed by atoms with Crippen LogP contribution < -0.4 is 23.4 Å². The third-order valence-corrected chi connectivity index (χ3v) is 0. The molecule has 0 unspecified atom stereocenters. The fourth-order valence-corrected chi connectivity index (χ4v) is 0. The van der Waals surface area contributed by atoms with Crippen molar-refractivity contribution in [2.75, 3.05) is 13.2 Å². The molecule has 0 aliphatic carbocycles. The maximum absolute atomic E-state index is 4.85. The van der Waals surface area contributed by atoms with E-state index in [-0.39, 0.29) is 12.8 Å². The van der Waals surface area contributed by atoms with Crippen molar-refractivity contribution in [3.05, 3.63) is 0 Å². The highest BCUT2D eigenvalue weighted by Crippen LogP contribution is 1.20. The summed E-state index contributed by atoms with van der Waals surface area (Å²) in [4.78, 5) is 0. The van der Waals surface area contributed by atoms with Gasteiger partial charge in [-0.15, -0.1) is 0 Å². The quantitative estimate of drug-likeness (QED) is 0.298. The maximum Gasteiger partial charge on any atom is 0.0403 e. The second kappa shape index (κ2) is 40.4. The lowest BCUT2D eigenvalue weighted by Crippen LogP contribution is -2.08. The van der Waals surface area contributed by atoms with Gasteiger partial charge in [-0.05, 0) is 6.54 Å². The smallest absolute Gasteiger partial charge is 0.0403 e. The van der Waals surface area contributed by atoms with Crippen LogP contribution in [-0.4, -0.2) is 13.2 Å². The molecule has 0 spiro atoms. The Morgan fingerprint density at radius 2 is 1.14 bits per heavy atom. The molecule has 0 radical (unpaired) electrons. The van der Waals surface area contributed by atoms with Crippen molar-refractivity contribution in [2.24, 2.45) is 17.2 Å². The van der Waals surface area contributed by atoms with Crippen LogP contribution in [0.15, 0.2) is 0 Å². The Morgan fingerprint density at radius 3 is 1.14 bits per heavy atom. The van der Waals surface area contributed by atoms with Crippen LogP contribution in [0.2, 0.25) is 0 Å². The SMILES string of the molecule is CCN.N.NCN. The predicted molar refractivity (Wildman–Crippen MR) is 33.0 cm³/mol. The van der Waals surface area contributed by atoms with Gasteiger partial charge in [-0.2, -0.15) is 0 Å². The Morgan fingerprint density at radius 1 is 1.14 bits per heavy atom. The second-order valence-electron chi connectivity index (χ2n) is 0.644. The summed E-state index contributed by atoms with van der Waals surface area (Å²) in [6, 6.07) is 0. The molecule has 0 heterocycles. The topological polar surface area (TPSA) is 113 Å². The predicted octanol–water partition coefficient (Wildman–Crippen LogP) is -1.01. The molecule has 0 fully saturated rings. The fourth-order valence-electron chi connectivity index (χ4n) is 0. The molecule has 0 saturated heterocycles. The van der Waals surface area contributed by atoms with Crippen molar-refractivity contribution in [2.45, 2.75) is 6.92 Å². The molecule has 7 heavy (non-hydrogen) atoms. The molecule has 0 amide bonds. The van der Waals surface area contributed by atoms with E-state index in [9.17, 15) is 0 Å². The largest absolute Gasteiger partial charge is 0.344 e. The first-order chi connectivity index (χ1) is 2.83. The molecular formula is C3H16N4. The van der Waals surface area contributed by atoms with Crippen molar-refractivity contribution in [3.63, 3.8) is 0 Å². The van der Waals surface area contributed by atoms with Gasteiger partial charge in [-0.25, -0.2) is 0 Å². The van der Waals surface area contributed by atoms with E-state index in [4.69, 9.17) is 5.73 Å². The van der Waals surface area contributed by atoms with Gasteiger partial charge in [0.25, 0.3) is 0 Å². The number of nitrogens with two attached hydrogens (primary N) is 3. The lowest BCUT2D eigenvalue weighted by molar-refractivity contribution is 1.07. The van der Waals surface area contributed by atoms with Crippen molar-refractivity contribution < 1.29 is 0 Å². The highest BCUT2D eigenvalue weighted by Gasteiger charge is 1.32. The summed E-state index contributed by atoms with van der Waals surface area (Å²) in [5.41, 5.74) is 14.1. The van der Waals surface area contributed by atoms with Gasteiger partial charge in [0.2, 0.25) is 0 Å². The summed E-state index contributed by atoms with van der Waals surface area (Å²) in [6.45, 7) is 2.90. The monoisotopic (exact) mass is 108 g/mol. The zero-order valence-corrected chi connectivity index (χ0v) is 4.85. The first-order valence-corrected chi connectivity index (χ1v) is 1.93. The van der Waals surface area contributed by atoms with Gasteiger partial charge in [0.15, 0.2) is 0 Å². The zero-order chi connectivity index (χ0) is 5.41. The van der Waals surface area contributed by atoms with E-state index < -0.39 is 0 Å². The standard InChI is InChI=1S/C2H7N.CH6N2.H3N/c1-2-3;2-1-3;/h2-3H2,1H3;1-3H2;1H3. The van der Waals surface area contributed by atoms with Gasteiger partial charge in [0.05, 0.1) is 0 Å². The van der Waals surface area contributed by atoms with Gasteiger partial charge in [-0.3, -0.25) is 0 Å². The Hall–Kier alpha value is -0.160. The van der Waals surface area contributed by atoms with E-state index in [1.165, 1.54) is 0 Å². The van der Waals surface area contributed by atoms with Gasteiger partial charge in [0, 0.05) is 6.67 Å². The molecule has 4 nitrogen and oxygen atoms in total. The van der Waals surface area contributed by atoms with Crippen molar-refractivity contribution in [3.8, 4) is 0 Å². The van der Waals surface area contributed by atoms with Gasteiger partial charge in [-0.1, -0.05) is 6.92 Å². The van der Waals surface area contributed by atoms with Crippen molar-refractivity contribution in [1.29, 1.82) is 0 Å². The highest BCUT2D eigenvalue weighted by molar-refractivity contribution is 4.00. The van der Waals surface area contributed by atoms with Crippen LogP contribution in [0.1, 0.15) is 6.92 Å². The zero-order valence-electron chi connectivity index (χ0n) is 4.85. The molecule has 48 valence electrons.